The van der Waals surface area contributed by atoms with E-state index in [0.29, 0.717) is 11.5 Å². The monoisotopic (exact) mass is 394 g/mol. The number of hydrogen-bond donors (Lipinski definition) is 0. The van der Waals surface area contributed by atoms with E-state index in [1.807, 2.05) is 24.3 Å². The molecule has 5 rings (SSSR count). The van der Waals surface area contributed by atoms with E-state index in [1.54, 1.807) is 6.07 Å². The Bertz CT molecular complexity index is 1160. The summed E-state index contributed by atoms with van der Waals surface area (Å²) >= 11 is 3.29. The van der Waals surface area contributed by atoms with Gasteiger partial charge in [-0.05, 0) is 35.9 Å². The Morgan fingerprint density at radius 2 is 2.07 bits per heavy atom. The third-order valence-electron chi connectivity index (χ3n) is 4.95. The molecular weight excluding hydrogens is 376 g/mol. The lowest BCUT2D eigenvalue weighted by Crippen LogP contribution is -2.35. The zero-order valence-electron chi connectivity index (χ0n) is 14.8. The molecule has 3 aromatic heterocycles. The summed E-state index contributed by atoms with van der Waals surface area (Å²) in [7, 11) is 0. The van der Waals surface area contributed by atoms with Gasteiger partial charge in [0, 0.05) is 24.0 Å². The van der Waals surface area contributed by atoms with Crippen LogP contribution in [-0.2, 0) is 13.0 Å². The van der Waals surface area contributed by atoms with Gasteiger partial charge in [0.1, 0.15) is 5.01 Å². The maximum Gasteiger partial charge on any atom is 0.275 e. The SMILES string of the molecule is Cc1nn2c(=O)cc(CN3CCc4sccc4[C@H]3c3ccccc3)nc2s1. The summed E-state index contributed by atoms with van der Waals surface area (Å²) in [5, 5.41) is 7.26. The van der Waals surface area contributed by atoms with Crippen molar-refractivity contribution in [3.63, 3.8) is 0 Å². The first kappa shape index (κ1) is 16.8. The molecule has 0 N–H and O–H groups in total. The molecule has 1 aliphatic heterocycles. The number of rotatable bonds is 3. The molecule has 4 aromatic rings. The molecule has 136 valence electrons. The largest absolute Gasteiger partial charge is 0.286 e. The maximum absolute atomic E-state index is 12.4. The predicted molar refractivity (Wildman–Crippen MR) is 109 cm³/mol. The number of thiophene rings is 1. The van der Waals surface area contributed by atoms with E-state index in [0.717, 1.165) is 23.7 Å². The van der Waals surface area contributed by atoms with Gasteiger partial charge in [-0.25, -0.2) is 4.98 Å². The van der Waals surface area contributed by atoms with E-state index in [9.17, 15) is 4.79 Å². The highest BCUT2D eigenvalue weighted by molar-refractivity contribution is 7.16. The number of aryl methyl sites for hydroxylation is 1. The third kappa shape index (κ3) is 3.01. The molecule has 0 spiro atoms. The van der Waals surface area contributed by atoms with Crippen molar-refractivity contribution in [2.75, 3.05) is 6.54 Å². The Balaban J connectivity index is 1.55. The second-order valence-corrected chi connectivity index (χ2v) is 8.89. The molecule has 4 heterocycles. The molecule has 0 fully saturated rings. The molecule has 0 unspecified atom stereocenters. The molecule has 5 nitrogen and oxygen atoms in total. The lowest BCUT2D eigenvalue weighted by atomic mass is 9.93. The quantitative estimate of drug-likeness (QED) is 0.532. The van der Waals surface area contributed by atoms with Crippen LogP contribution in [0.2, 0.25) is 0 Å². The van der Waals surface area contributed by atoms with Gasteiger partial charge >= 0.3 is 0 Å². The van der Waals surface area contributed by atoms with Crippen LogP contribution in [0.25, 0.3) is 4.96 Å². The highest BCUT2D eigenvalue weighted by atomic mass is 32.1. The molecule has 0 amide bonds. The summed E-state index contributed by atoms with van der Waals surface area (Å²) < 4.78 is 1.39. The standard InChI is InChI=1S/C20H18N4OS2/c1-13-22-24-18(25)11-15(21-20(24)27-13)12-23-9-7-17-16(8-10-26-17)19(23)14-5-3-2-4-6-14/h2-6,8,10-11,19H,7,9,12H2,1H3/t19-/m1/s1. The van der Waals surface area contributed by atoms with Crippen LogP contribution in [0.3, 0.4) is 0 Å². The van der Waals surface area contributed by atoms with Gasteiger partial charge in [0.25, 0.3) is 5.56 Å². The number of nitrogens with zero attached hydrogens (tertiary/aromatic N) is 4. The Kier molecular flexibility index (Phi) is 4.15. The lowest BCUT2D eigenvalue weighted by Gasteiger charge is -2.36. The van der Waals surface area contributed by atoms with Crippen LogP contribution < -0.4 is 5.56 Å². The Labute approximate surface area is 164 Å². The van der Waals surface area contributed by atoms with Crippen LogP contribution in [0, 0.1) is 6.92 Å². The molecule has 0 radical (unpaired) electrons. The van der Waals surface area contributed by atoms with Crippen molar-refractivity contribution in [3.05, 3.63) is 84.9 Å². The van der Waals surface area contributed by atoms with Crippen molar-refractivity contribution < 1.29 is 0 Å². The molecule has 0 saturated heterocycles. The van der Waals surface area contributed by atoms with Crippen molar-refractivity contribution in [1.29, 1.82) is 0 Å². The van der Waals surface area contributed by atoms with Crippen LogP contribution in [0.1, 0.15) is 32.7 Å². The van der Waals surface area contributed by atoms with Gasteiger partial charge in [-0.1, -0.05) is 41.7 Å². The Morgan fingerprint density at radius 3 is 2.93 bits per heavy atom. The number of hydrogen-bond acceptors (Lipinski definition) is 6. The zero-order chi connectivity index (χ0) is 18.4. The molecule has 1 aliphatic rings. The van der Waals surface area contributed by atoms with Crippen LogP contribution in [0.4, 0.5) is 0 Å². The summed E-state index contributed by atoms with van der Waals surface area (Å²) in [6, 6.07) is 14.7. The van der Waals surface area contributed by atoms with Gasteiger partial charge in [-0.2, -0.15) is 9.61 Å². The van der Waals surface area contributed by atoms with E-state index in [2.05, 4.69) is 45.7 Å². The topological polar surface area (TPSA) is 50.5 Å². The summed E-state index contributed by atoms with van der Waals surface area (Å²) in [4.78, 5) is 21.7. The van der Waals surface area contributed by atoms with Gasteiger partial charge in [0.05, 0.1) is 11.7 Å². The number of benzene rings is 1. The van der Waals surface area contributed by atoms with E-state index in [1.165, 1.54) is 31.9 Å². The number of fused-ring (bicyclic) bond motifs is 2. The molecule has 0 bridgehead atoms. The van der Waals surface area contributed by atoms with Gasteiger partial charge in [-0.3, -0.25) is 9.69 Å². The van der Waals surface area contributed by atoms with Crippen LogP contribution in [-0.4, -0.2) is 26.0 Å². The average Bonchev–Trinajstić information content (AvgIpc) is 3.28. The van der Waals surface area contributed by atoms with Crippen molar-refractivity contribution in [2.24, 2.45) is 0 Å². The van der Waals surface area contributed by atoms with Gasteiger partial charge in [0.15, 0.2) is 0 Å². The third-order valence-corrected chi connectivity index (χ3v) is 6.77. The average molecular weight is 395 g/mol. The van der Waals surface area contributed by atoms with E-state index >= 15 is 0 Å². The fraction of sp³-hybridized carbons (Fsp3) is 0.250. The van der Waals surface area contributed by atoms with Gasteiger partial charge in [0.2, 0.25) is 4.96 Å². The first-order valence-electron chi connectivity index (χ1n) is 8.91. The second kappa shape index (κ2) is 6.67. The van der Waals surface area contributed by atoms with Crippen LogP contribution >= 0.6 is 22.7 Å². The van der Waals surface area contributed by atoms with Crippen LogP contribution in [0.15, 0.2) is 52.6 Å². The fourth-order valence-corrected chi connectivity index (χ4v) is 5.48. The first-order valence-corrected chi connectivity index (χ1v) is 10.6. The molecule has 1 aromatic carbocycles. The minimum Gasteiger partial charge on any atom is -0.286 e. The molecule has 7 heteroatoms. The maximum atomic E-state index is 12.4. The van der Waals surface area contributed by atoms with Gasteiger partial charge in [-0.15, -0.1) is 11.3 Å². The highest BCUT2D eigenvalue weighted by Crippen LogP contribution is 2.38. The molecule has 0 aliphatic carbocycles. The minimum absolute atomic E-state index is 0.108. The molecular formula is C20H18N4OS2. The van der Waals surface area contributed by atoms with Gasteiger partial charge < -0.3 is 0 Å². The molecule has 0 saturated carbocycles. The summed E-state index contributed by atoms with van der Waals surface area (Å²) in [6.07, 6.45) is 1.04. The summed E-state index contributed by atoms with van der Waals surface area (Å²) in [6.45, 7) is 3.50. The summed E-state index contributed by atoms with van der Waals surface area (Å²) in [5.41, 5.74) is 3.36. The van der Waals surface area contributed by atoms with Crippen molar-refractivity contribution >= 4 is 27.6 Å². The first-order chi connectivity index (χ1) is 13.2. The fourth-order valence-electron chi connectivity index (χ4n) is 3.81. The molecule has 27 heavy (non-hydrogen) atoms. The zero-order valence-corrected chi connectivity index (χ0v) is 16.5. The van der Waals surface area contributed by atoms with Crippen molar-refractivity contribution in [2.45, 2.75) is 25.9 Å². The Morgan fingerprint density at radius 1 is 1.22 bits per heavy atom. The van der Waals surface area contributed by atoms with Crippen molar-refractivity contribution in [3.8, 4) is 0 Å². The number of aromatic nitrogens is 3. The minimum atomic E-state index is -0.108. The van der Waals surface area contributed by atoms with E-state index < -0.39 is 0 Å². The predicted octanol–water partition coefficient (Wildman–Crippen LogP) is 3.67. The normalized spacial score (nSPS) is 17.3. The Hall–Kier alpha value is -2.35. The molecule has 1 atom stereocenters. The smallest absolute Gasteiger partial charge is 0.275 e. The van der Waals surface area contributed by atoms with Crippen molar-refractivity contribution in [1.82, 2.24) is 19.5 Å². The highest BCUT2D eigenvalue weighted by Gasteiger charge is 2.30. The van der Waals surface area contributed by atoms with E-state index in [-0.39, 0.29) is 11.6 Å². The second-order valence-electron chi connectivity index (χ2n) is 6.73. The van der Waals surface area contributed by atoms with E-state index in [4.69, 9.17) is 4.98 Å². The lowest BCUT2D eigenvalue weighted by molar-refractivity contribution is 0.204. The summed E-state index contributed by atoms with van der Waals surface area (Å²) in [5.74, 6) is 0. The van der Waals surface area contributed by atoms with Crippen LogP contribution in [0.5, 0.6) is 0 Å².